The fraction of sp³-hybridized carbons (Fsp3) is 0.571. The van der Waals surface area contributed by atoms with Crippen molar-refractivity contribution in [2.45, 2.75) is 33.6 Å². The molecule has 0 saturated carbocycles. The molecule has 0 bridgehead atoms. The molecule has 0 fully saturated rings. The quantitative estimate of drug-likeness (QED) is 0.780. The summed E-state index contributed by atoms with van der Waals surface area (Å²) >= 11 is 0. The summed E-state index contributed by atoms with van der Waals surface area (Å²) in [5.74, 6) is 0.505. The SMILES string of the molecule is CCNCC(CC)Cc1ccc(F)cc1C. The smallest absolute Gasteiger partial charge is 0.123 e. The Kier molecular flexibility index (Phi) is 5.47. The van der Waals surface area contributed by atoms with Crippen LogP contribution in [-0.4, -0.2) is 13.1 Å². The van der Waals surface area contributed by atoms with Crippen LogP contribution in [-0.2, 0) is 6.42 Å². The molecule has 1 nitrogen and oxygen atoms in total. The minimum Gasteiger partial charge on any atom is -0.317 e. The van der Waals surface area contributed by atoms with Crippen molar-refractivity contribution in [2.75, 3.05) is 13.1 Å². The summed E-state index contributed by atoms with van der Waals surface area (Å²) in [4.78, 5) is 0. The fourth-order valence-electron chi connectivity index (χ4n) is 1.91. The minimum atomic E-state index is -0.138. The zero-order chi connectivity index (χ0) is 12.0. The van der Waals surface area contributed by atoms with Crippen LogP contribution in [0.2, 0.25) is 0 Å². The van der Waals surface area contributed by atoms with Crippen LogP contribution in [0.4, 0.5) is 4.39 Å². The lowest BCUT2D eigenvalue weighted by Crippen LogP contribution is -2.23. The van der Waals surface area contributed by atoms with Crippen molar-refractivity contribution >= 4 is 0 Å². The first-order valence-electron chi connectivity index (χ1n) is 6.13. The Labute approximate surface area is 98.1 Å². The first-order valence-corrected chi connectivity index (χ1v) is 6.13. The number of aryl methyl sites for hydroxylation is 1. The van der Waals surface area contributed by atoms with Crippen LogP contribution in [0.3, 0.4) is 0 Å². The minimum absolute atomic E-state index is 0.138. The third-order valence-electron chi connectivity index (χ3n) is 3.07. The van der Waals surface area contributed by atoms with E-state index in [0.717, 1.165) is 31.5 Å². The van der Waals surface area contributed by atoms with Crippen molar-refractivity contribution in [3.63, 3.8) is 0 Å². The summed E-state index contributed by atoms with van der Waals surface area (Å²) in [6, 6.07) is 5.09. The molecule has 0 aromatic heterocycles. The molecule has 1 N–H and O–H groups in total. The van der Waals surface area contributed by atoms with Crippen molar-refractivity contribution in [3.8, 4) is 0 Å². The lowest BCUT2D eigenvalue weighted by Gasteiger charge is -2.16. The number of halogens is 1. The van der Waals surface area contributed by atoms with E-state index in [1.165, 1.54) is 5.56 Å². The Morgan fingerprint density at radius 3 is 2.62 bits per heavy atom. The molecule has 16 heavy (non-hydrogen) atoms. The highest BCUT2D eigenvalue weighted by molar-refractivity contribution is 5.26. The average Bonchev–Trinajstić information content (AvgIpc) is 2.27. The second-order valence-corrected chi connectivity index (χ2v) is 4.36. The van der Waals surface area contributed by atoms with Crippen molar-refractivity contribution in [1.29, 1.82) is 0 Å². The molecule has 0 aliphatic carbocycles. The molecule has 0 aliphatic heterocycles. The summed E-state index contributed by atoms with van der Waals surface area (Å²) in [6.07, 6.45) is 2.19. The van der Waals surface area contributed by atoms with Crippen LogP contribution in [0.1, 0.15) is 31.4 Å². The molecule has 0 saturated heterocycles. The molecule has 1 atom stereocenters. The van der Waals surface area contributed by atoms with Crippen LogP contribution in [0.5, 0.6) is 0 Å². The molecule has 0 radical (unpaired) electrons. The van der Waals surface area contributed by atoms with Crippen molar-refractivity contribution in [3.05, 3.63) is 35.1 Å². The monoisotopic (exact) mass is 223 g/mol. The van der Waals surface area contributed by atoms with Crippen LogP contribution in [0.15, 0.2) is 18.2 Å². The summed E-state index contributed by atoms with van der Waals surface area (Å²) in [6.45, 7) is 8.37. The number of nitrogens with one attached hydrogen (secondary N) is 1. The molecule has 0 spiro atoms. The lowest BCUT2D eigenvalue weighted by molar-refractivity contribution is 0.466. The van der Waals surface area contributed by atoms with E-state index in [4.69, 9.17) is 0 Å². The zero-order valence-corrected chi connectivity index (χ0v) is 10.5. The Hall–Kier alpha value is -0.890. The molecule has 1 unspecified atom stereocenters. The van der Waals surface area contributed by atoms with Crippen LogP contribution < -0.4 is 5.32 Å². The van der Waals surface area contributed by atoms with Gasteiger partial charge >= 0.3 is 0 Å². The molecule has 2 heteroatoms. The van der Waals surface area contributed by atoms with E-state index in [1.807, 2.05) is 13.0 Å². The molecule has 0 aliphatic rings. The number of hydrogen-bond donors (Lipinski definition) is 1. The maximum Gasteiger partial charge on any atom is 0.123 e. The highest BCUT2D eigenvalue weighted by Crippen LogP contribution is 2.16. The third kappa shape index (κ3) is 3.93. The van der Waals surface area contributed by atoms with Gasteiger partial charge < -0.3 is 5.32 Å². The van der Waals surface area contributed by atoms with Crippen molar-refractivity contribution in [2.24, 2.45) is 5.92 Å². The van der Waals surface area contributed by atoms with Gasteiger partial charge in [0.2, 0.25) is 0 Å². The molecule has 0 amide bonds. The van der Waals surface area contributed by atoms with E-state index in [2.05, 4.69) is 19.2 Å². The summed E-state index contributed by atoms with van der Waals surface area (Å²) < 4.78 is 13.0. The van der Waals surface area contributed by atoms with Gasteiger partial charge in [0.15, 0.2) is 0 Å². The van der Waals surface area contributed by atoms with Crippen molar-refractivity contribution < 1.29 is 4.39 Å². The topological polar surface area (TPSA) is 12.0 Å². The van der Waals surface area contributed by atoms with Gasteiger partial charge in [-0.05, 0) is 55.6 Å². The molecule has 0 heterocycles. The van der Waals surface area contributed by atoms with E-state index in [9.17, 15) is 4.39 Å². The first kappa shape index (κ1) is 13.2. The van der Waals surface area contributed by atoms with Crippen molar-refractivity contribution in [1.82, 2.24) is 5.32 Å². The second kappa shape index (κ2) is 6.64. The Bertz CT molecular complexity index is 323. The predicted molar refractivity (Wildman–Crippen MR) is 67.2 cm³/mol. The molecule has 1 rings (SSSR count). The zero-order valence-electron chi connectivity index (χ0n) is 10.5. The fourth-order valence-corrected chi connectivity index (χ4v) is 1.91. The largest absolute Gasteiger partial charge is 0.317 e. The highest BCUT2D eigenvalue weighted by Gasteiger charge is 2.09. The highest BCUT2D eigenvalue weighted by atomic mass is 19.1. The van der Waals surface area contributed by atoms with E-state index >= 15 is 0 Å². The lowest BCUT2D eigenvalue weighted by atomic mass is 9.94. The third-order valence-corrected chi connectivity index (χ3v) is 3.07. The summed E-state index contributed by atoms with van der Waals surface area (Å²) in [5, 5.41) is 3.38. The van der Waals surface area contributed by atoms with E-state index < -0.39 is 0 Å². The van der Waals surface area contributed by atoms with E-state index in [0.29, 0.717) is 5.92 Å². The van der Waals surface area contributed by atoms with Gasteiger partial charge in [-0.25, -0.2) is 4.39 Å². The maximum absolute atomic E-state index is 13.0. The number of rotatable bonds is 6. The van der Waals surface area contributed by atoms with Crippen LogP contribution in [0, 0.1) is 18.7 Å². The van der Waals surface area contributed by atoms with Gasteiger partial charge in [-0.1, -0.05) is 26.3 Å². The van der Waals surface area contributed by atoms with Gasteiger partial charge in [0.05, 0.1) is 0 Å². The standard InChI is InChI=1S/C14H22FN/c1-4-12(10-16-5-2)9-13-6-7-14(15)8-11(13)3/h6-8,12,16H,4-5,9-10H2,1-3H3. The number of hydrogen-bond acceptors (Lipinski definition) is 1. The molecular weight excluding hydrogens is 201 g/mol. The molecular formula is C14H22FN. The summed E-state index contributed by atoms with van der Waals surface area (Å²) in [5.41, 5.74) is 2.33. The Balaban J connectivity index is 2.62. The van der Waals surface area contributed by atoms with Gasteiger partial charge in [0.25, 0.3) is 0 Å². The first-order chi connectivity index (χ1) is 7.67. The van der Waals surface area contributed by atoms with Crippen LogP contribution in [0.25, 0.3) is 0 Å². The molecule has 90 valence electrons. The second-order valence-electron chi connectivity index (χ2n) is 4.36. The Morgan fingerprint density at radius 1 is 1.31 bits per heavy atom. The van der Waals surface area contributed by atoms with Gasteiger partial charge in [0.1, 0.15) is 5.82 Å². The maximum atomic E-state index is 13.0. The number of benzene rings is 1. The average molecular weight is 223 g/mol. The normalized spacial score (nSPS) is 12.8. The van der Waals surface area contributed by atoms with Gasteiger partial charge in [0, 0.05) is 0 Å². The van der Waals surface area contributed by atoms with Gasteiger partial charge in [-0.2, -0.15) is 0 Å². The van der Waals surface area contributed by atoms with Crippen LogP contribution >= 0.6 is 0 Å². The van der Waals surface area contributed by atoms with Gasteiger partial charge in [-0.15, -0.1) is 0 Å². The summed E-state index contributed by atoms with van der Waals surface area (Å²) in [7, 11) is 0. The van der Waals surface area contributed by atoms with Gasteiger partial charge in [-0.3, -0.25) is 0 Å². The molecule has 1 aromatic rings. The van der Waals surface area contributed by atoms with E-state index in [1.54, 1.807) is 12.1 Å². The predicted octanol–water partition coefficient (Wildman–Crippen LogP) is 3.31. The Morgan fingerprint density at radius 2 is 2.06 bits per heavy atom. The molecule has 1 aromatic carbocycles. The van der Waals surface area contributed by atoms with E-state index in [-0.39, 0.29) is 5.82 Å².